The Kier molecular flexibility index (Phi) is 3.43. The van der Waals surface area contributed by atoms with Crippen molar-refractivity contribution in [3.8, 4) is 0 Å². The quantitative estimate of drug-likeness (QED) is 0.622. The Hall–Kier alpha value is -2.27. The number of benzene rings is 2. The van der Waals surface area contributed by atoms with E-state index < -0.39 is 17.6 Å². The van der Waals surface area contributed by atoms with Crippen LogP contribution in [0.15, 0.2) is 53.0 Å². The summed E-state index contributed by atoms with van der Waals surface area (Å²) < 4.78 is 0.906. The van der Waals surface area contributed by atoms with Crippen molar-refractivity contribution in [3.05, 3.63) is 69.7 Å². The molecule has 0 aromatic heterocycles. The van der Waals surface area contributed by atoms with Crippen LogP contribution in [0, 0.1) is 0 Å². The third kappa shape index (κ3) is 2.40. The molecule has 0 spiro atoms. The van der Waals surface area contributed by atoms with E-state index in [1.165, 1.54) is 6.07 Å². The molecule has 0 saturated heterocycles. The molecule has 21 heavy (non-hydrogen) atoms. The minimum Gasteiger partial charge on any atom is -0.283 e. The summed E-state index contributed by atoms with van der Waals surface area (Å²) in [6.07, 6.45) is 0. The van der Waals surface area contributed by atoms with Gasteiger partial charge >= 0.3 is 5.91 Å². The van der Waals surface area contributed by atoms with Gasteiger partial charge in [-0.1, -0.05) is 46.3 Å². The average Bonchev–Trinajstić information content (AvgIpc) is 2.51. The predicted molar refractivity (Wildman–Crippen MR) is 79.8 cm³/mol. The maximum Gasteiger partial charge on any atom is 0.302 e. The zero-order valence-corrected chi connectivity index (χ0v) is 12.5. The zero-order valence-electron chi connectivity index (χ0n) is 10.9. The number of Topliss-reactive ketones (excluding diaryl/α,β-unsaturated/α-hetero) is 1. The summed E-state index contributed by atoms with van der Waals surface area (Å²) in [4.78, 5) is 37.6. The van der Waals surface area contributed by atoms with E-state index in [2.05, 4.69) is 15.9 Å². The molecule has 0 bridgehead atoms. The van der Waals surface area contributed by atoms with E-state index in [-0.39, 0.29) is 17.7 Å². The molecule has 1 heterocycles. The number of halogens is 1. The first-order chi connectivity index (χ1) is 10.1. The van der Waals surface area contributed by atoms with E-state index in [0.717, 1.165) is 14.9 Å². The second kappa shape index (κ2) is 5.26. The summed E-state index contributed by atoms with van der Waals surface area (Å²) in [6, 6.07) is 13.6. The third-order valence-electron chi connectivity index (χ3n) is 3.34. The topological polar surface area (TPSA) is 54.5 Å². The first-order valence-electron chi connectivity index (χ1n) is 6.32. The van der Waals surface area contributed by atoms with Crippen LogP contribution in [-0.2, 0) is 11.3 Å². The minimum atomic E-state index is -0.776. The van der Waals surface area contributed by atoms with Crippen LogP contribution in [0.1, 0.15) is 26.3 Å². The second-order valence-corrected chi connectivity index (χ2v) is 5.61. The van der Waals surface area contributed by atoms with Gasteiger partial charge in [-0.25, -0.2) is 0 Å². The lowest BCUT2D eigenvalue weighted by atomic mass is 9.97. The van der Waals surface area contributed by atoms with Gasteiger partial charge < -0.3 is 0 Å². The van der Waals surface area contributed by atoms with Crippen LogP contribution >= 0.6 is 15.9 Å². The van der Waals surface area contributed by atoms with Crippen molar-refractivity contribution >= 4 is 33.5 Å². The number of nitrogens with zero attached hydrogens (tertiary/aromatic N) is 1. The van der Waals surface area contributed by atoms with Crippen LogP contribution in [0.5, 0.6) is 0 Å². The highest BCUT2D eigenvalue weighted by molar-refractivity contribution is 9.10. The Morgan fingerprint density at radius 1 is 0.810 bits per heavy atom. The van der Waals surface area contributed by atoms with Crippen molar-refractivity contribution in [2.24, 2.45) is 0 Å². The molecule has 0 atom stereocenters. The molecule has 0 radical (unpaired) electrons. The van der Waals surface area contributed by atoms with Crippen LogP contribution in [0.4, 0.5) is 0 Å². The number of carbonyl (C=O) groups is 3. The van der Waals surface area contributed by atoms with E-state index in [4.69, 9.17) is 0 Å². The van der Waals surface area contributed by atoms with E-state index in [0.29, 0.717) is 0 Å². The fraction of sp³-hybridized carbons (Fsp3) is 0.0625. The molecule has 0 fully saturated rings. The van der Waals surface area contributed by atoms with Crippen LogP contribution in [0.2, 0.25) is 0 Å². The van der Waals surface area contributed by atoms with Gasteiger partial charge in [0.2, 0.25) is 0 Å². The van der Waals surface area contributed by atoms with Crippen molar-refractivity contribution in [1.29, 1.82) is 0 Å². The number of hydrogen-bond acceptors (Lipinski definition) is 3. The summed E-state index contributed by atoms with van der Waals surface area (Å²) in [5.74, 6) is -1.85. The van der Waals surface area contributed by atoms with Crippen LogP contribution < -0.4 is 0 Å². The first kappa shape index (κ1) is 13.7. The SMILES string of the molecule is O=C1C(=O)N(Cc2ccc(Br)cc2)C(=O)c2ccccc21. The molecule has 1 aliphatic heterocycles. The maximum absolute atomic E-state index is 12.4. The van der Waals surface area contributed by atoms with E-state index in [1.54, 1.807) is 30.3 Å². The molecule has 0 unspecified atom stereocenters. The Morgan fingerprint density at radius 2 is 1.43 bits per heavy atom. The number of rotatable bonds is 2. The summed E-state index contributed by atoms with van der Waals surface area (Å²) in [5, 5.41) is 0. The molecule has 104 valence electrons. The lowest BCUT2D eigenvalue weighted by molar-refractivity contribution is -0.124. The van der Waals surface area contributed by atoms with E-state index in [9.17, 15) is 14.4 Å². The molecule has 5 heteroatoms. The number of amides is 2. The molecule has 2 aromatic carbocycles. The molecule has 0 aliphatic carbocycles. The fourth-order valence-electron chi connectivity index (χ4n) is 2.26. The standard InChI is InChI=1S/C16H10BrNO3/c17-11-7-5-10(6-8-11)9-18-15(20)13-4-2-1-3-12(13)14(19)16(18)21/h1-8H,9H2. The summed E-state index contributed by atoms with van der Waals surface area (Å²) in [5.41, 5.74) is 1.24. The van der Waals surface area contributed by atoms with Gasteiger partial charge in [-0.05, 0) is 23.8 Å². The van der Waals surface area contributed by atoms with Gasteiger partial charge in [-0.2, -0.15) is 0 Å². The van der Waals surface area contributed by atoms with Crippen molar-refractivity contribution in [2.75, 3.05) is 0 Å². The van der Waals surface area contributed by atoms with Gasteiger partial charge in [0.05, 0.1) is 12.1 Å². The monoisotopic (exact) mass is 343 g/mol. The summed E-state index contributed by atoms with van der Waals surface area (Å²) in [7, 11) is 0. The smallest absolute Gasteiger partial charge is 0.283 e. The summed E-state index contributed by atoms with van der Waals surface area (Å²) in [6.45, 7) is 0.0883. The lowest BCUT2D eigenvalue weighted by Gasteiger charge is -2.25. The highest BCUT2D eigenvalue weighted by atomic mass is 79.9. The number of fused-ring (bicyclic) bond motifs is 1. The zero-order chi connectivity index (χ0) is 15.0. The van der Waals surface area contributed by atoms with Crippen molar-refractivity contribution in [2.45, 2.75) is 6.54 Å². The molecule has 0 N–H and O–H groups in total. The Balaban J connectivity index is 1.97. The predicted octanol–water partition coefficient (Wildman–Crippen LogP) is 2.81. The van der Waals surface area contributed by atoms with Gasteiger partial charge in [0.25, 0.3) is 11.7 Å². The minimum absolute atomic E-state index is 0.0883. The largest absolute Gasteiger partial charge is 0.302 e. The Morgan fingerprint density at radius 3 is 2.10 bits per heavy atom. The molecule has 0 saturated carbocycles. The van der Waals surface area contributed by atoms with E-state index >= 15 is 0 Å². The lowest BCUT2D eigenvalue weighted by Crippen LogP contribution is -2.45. The molecule has 4 nitrogen and oxygen atoms in total. The number of carbonyl (C=O) groups excluding carboxylic acids is 3. The molecule has 1 aliphatic rings. The van der Waals surface area contributed by atoms with Gasteiger partial charge in [0.1, 0.15) is 0 Å². The second-order valence-electron chi connectivity index (χ2n) is 4.70. The first-order valence-corrected chi connectivity index (χ1v) is 7.11. The molecule has 2 aromatic rings. The van der Waals surface area contributed by atoms with Gasteiger partial charge in [-0.15, -0.1) is 0 Å². The van der Waals surface area contributed by atoms with Gasteiger partial charge in [-0.3, -0.25) is 19.3 Å². The highest BCUT2D eigenvalue weighted by Gasteiger charge is 2.37. The normalized spacial score (nSPS) is 14.3. The van der Waals surface area contributed by atoms with Crippen molar-refractivity contribution in [1.82, 2.24) is 4.90 Å². The number of imide groups is 1. The van der Waals surface area contributed by atoms with Gasteiger partial charge in [0, 0.05) is 10.0 Å². The third-order valence-corrected chi connectivity index (χ3v) is 3.87. The number of hydrogen-bond donors (Lipinski definition) is 0. The van der Waals surface area contributed by atoms with Crippen LogP contribution in [0.25, 0.3) is 0 Å². The molecular formula is C16H10BrNO3. The molecular weight excluding hydrogens is 334 g/mol. The van der Waals surface area contributed by atoms with E-state index in [1.807, 2.05) is 12.1 Å². The average molecular weight is 344 g/mol. The van der Waals surface area contributed by atoms with Gasteiger partial charge in [0.15, 0.2) is 0 Å². The highest BCUT2D eigenvalue weighted by Crippen LogP contribution is 2.22. The fourth-order valence-corrected chi connectivity index (χ4v) is 2.52. The maximum atomic E-state index is 12.4. The Bertz CT molecular complexity index is 752. The molecule has 3 rings (SSSR count). The number of ketones is 1. The van der Waals surface area contributed by atoms with Crippen molar-refractivity contribution < 1.29 is 14.4 Å². The van der Waals surface area contributed by atoms with Crippen LogP contribution in [0.3, 0.4) is 0 Å². The Labute approximate surface area is 129 Å². The molecule has 2 amide bonds. The summed E-state index contributed by atoms with van der Waals surface area (Å²) >= 11 is 3.32. The van der Waals surface area contributed by atoms with Crippen molar-refractivity contribution in [3.63, 3.8) is 0 Å². The van der Waals surface area contributed by atoms with Crippen LogP contribution in [-0.4, -0.2) is 22.5 Å².